The molecule has 27 heavy (non-hydrogen) atoms. The summed E-state index contributed by atoms with van der Waals surface area (Å²) in [5.74, 6) is 1.33. The van der Waals surface area contributed by atoms with E-state index in [2.05, 4.69) is 33.1 Å². The second kappa shape index (κ2) is 6.08. The number of benzene rings is 1. The Morgan fingerprint density at radius 3 is 2.30 bits per heavy atom. The summed E-state index contributed by atoms with van der Waals surface area (Å²) in [4.78, 5) is 27.0. The Kier molecular flexibility index (Phi) is 3.94. The van der Waals surface area contributed by atoms with Crippen molar-refractivity contribution in [1.29, 1.82) is 0 Å². The van der Waals surface area contributed by atoms with Crippen LogP contribution in [-0.2, 0) is 22.4 Å². The van der Waals surface area contributed by atoms with Crippen molar-refractivity contribution in [2.75, 3.05) is 17.2 Å². The van der Waals surface area contributed by atoms with Crippen LogP contribution in [0.25, 0.3) is 0 Å². The number of rotatable bonds is 0. The standard InChI is InChI=1S/C11H11NO.C9H9N3O.CH4/c13-10-5-6-11(10)7-8-3-1-2-4-9(8)12-11;13-8-9(5-11-8)4-6-2-1-3-10-7(6)12-9;/h1-4,12H,5-7H2;1-3H,4-5H2,(H,10,12)(H,11,13);1H4. The van der Waals surface area contributed by atoms with Gasteiger partial charge in [-0.3, -0.25) is 9.59 Å². The van der Waals surface area contributed by atoms with Gasteiger partial charge in [0.15, 0.2) is 5.78 Å². The van der Waals surface area contributed by atoms with E-state index >= 15 is 0 Å². The molecule has 1 saturated carbocycles. The number of ketones is 1. The third-order valence-corrected chi connectivity index (χ3v) is 5.92. The number of hydrogen-bond donors (Lipinski definition) is 3. The molecule has 0 radical (unpaired) electrons. The Hall–Kier alpha value is -2.89. The first-order chi connectivity index (χ1) is 12.6. The Balaban J connectivity index is 0.000000129. The Morgan fingerprint density at radius 1 is 0.926 bits per heavy atom. The van der Waals surface area contributed by atoms with Gasteiger partial charge in [0.05, 0.1) is 6.54 Å². The van der Waals surface area contributed by atoms with E-state index < -0.39 is 0 Å². The molecule has 4 aliphatic rings. The molecule has 1 aliphatic carbocycles. The molecule has 2 spiro atoms. The molecule has 1 amide bonds. The molecule has 2 unspecified atom stereocenters. The van der Waals surface area contributed by atoms with Crippen LogP contribution in [-0.4, -0.2) is 34.3 Å². The van der Waals surface area contributed by atoms with Crippen molar-refractivity contribution in [2.45, 2.75) is 44.2 Å². The third kappa shape index (κ3) is 2.59. The highest BCUT2D eigenvalue weighted by Crippen LogP contribution is 2.42. The summed E-state index contributed by atoms with van der Waals surface area (Å²) in [6, 6.07) is 12.1. The molecule has 2 atom stereocenters. The number of β-lactam (4-membered cyclic amide) rings is 1. The zero-order valence-corrected chi connectivity index (χ0v) is 14.3. The number of nitrogens with one attached hydrogen (secondary N) is 3. The van der Waals surface area contributed by atoms with Gasteiger partial charge in [0.25, 0.3) is 0 Å². The Bertz CT molecular complexity index is 798. The van der Waals surface area contributed by atoms with E-state index in [1.165, 1.54) is 5.56 Å². The summed E-state index contributed by atoms with van der Waals surface area (Å²) in [5.41, 5.74) is 2.99. The van der Waals surface area contributed by atoms with Gasteiger partial charge in [0, 0.05) is 31.1 Å². The van der Waals surface area contributed by atoms with Gasteiger partial charge in [-0.15, -0.1) is 0 Å². The topological polar surface area (TPSA) is 83.1 Å². The Morgan fingerprint density at radius 2 is 1.70 bits per heavy atom. The van der Waals surface area contributed by atoms with Gasteiger partial charge < -0.3 is 16.0 Å². The maximum Gasteiger partial charge on any atom is 0.248 e. The summed E-state index contributed by atoms with van der Waals surface area (Å²) < 4.78 is 0. The number of hydrogen-bond acceptors (Lipinski definition) is 5. The van der Waals surface area contributed by atoms with Gasteiger partial charge in [0.1, 0.15) is 16.9 Å². The second-order valence-corrected chi connectivity index (χ2v) is 7.54. The van der Waals surface area contributed by atoms with Crippen molar-refractivity contribution in [1.82, 2.24) is 10.3 Å². The molecule has 6 nitrogen and oxygen atoms in total. The zero-order chi connectivity index (χ0) is 17.8. The largest absolute Gasteiger partial charge is 0.372 e. The molecule has 1 aromatic carbocycles. The maximum absolute atomic E-state index is 11.5. The van der Waals surface area contributed by atoms with Crippen LogP contribution in [0.3, 0.4) is 0 Å². The van der Waals surface area contributed by atoms with Crippen LogP contribution in [0, 0.1) is 0 Å². The van der Waals surface area contributed by atoms with Crippen LogP contribution < -0.4 is 16.0 Å². The van der Waals surface area contributed by atoms with E-state index in [0.717, 1.165) is 42.8 Å². The van der Waals surface area contributed by atoms with Crippen LogP contribution in [0.1, 0.15) is 31.4 Å². The lowest BCUT2D eigenvalue weighted by Crippen LogP contribution is -2.68. The number of para-hydroxylation sites is 1. The van der Waals surface area contributed by atoms with Crippen molar-refractivity contribution in [3.63, 3.8) is 0 Å². The highest BCUT2D eigenvalue weighted by Gasteiger charge is 2.51. The predicted octanol–water partition coefficient (Wildman–Crippen LogP) is 2.31. The normalized spacial score (nSPS) is 28.3. The van der Waals surface area contributed by atoms with E-state index in [1.54, 1.807) is 6.20 Å². The fourth-order valence-corrected chi connectivity index (χ4v) is 4.18. The van der Waals surface area contributed by atoms with Gasteiger partial charge in [-0.25, -0.2) is 4.98 Å². The van der Waals surface area contributed by atoms with Crippen LogP contribution in [0.5, 0.6) is 0 Å². The van der Waals surface area contributed by atoms with Crippen molar-refractivity contribution in [3.8, 4) is 0 Å². The van der Waals surface area contributed by atoms with E-state index in [-0.39, 0.29) is 24.4 Å². The number of anilines is 2. The molecule has 3 N–H and O–H groups in total. The van der Waals surface area contributed by atoms with E-state index in [0.29, 0.717) is 12.3 Å². The van der Waals surface area contributed by atoms with Crippen molar-refractivity contribution in [2.24, 2.45) is 0 Å². The SMILES string of the molecule is C.O=C1CCC12Cc1ccccc1N2.O=C1NCC12Cc1cccnc1N2. The van der Waals surface area contributed by atoms with Gasteiger partial charge in [-0.1, -0.05) is 31.7 Å². The van der Waals surface area contributed by atoms with Crippen molar-refractivity contribution in [3.05, 3.63) is 53.7 Å². The maximum atomic E-state index is 11.5. The lowest BCUT2D eigenvalue weighted by Gasteiger charge is -2.37. The lowest BCUT2D eigenvalue weighted by molar-refractivity contribution is -0.131. The molecule has 6 heteroatoms. The molecule has 3 aliphatic heterocycles. The Labute approximate surface area is 158 Å². The average molecular weight is 364 g/mol. The fraction of sp³-hybridized carbons (Fsp3) is 0.381. The van der Waals surface area contributed by atoms with Crippen LogP contribution in [0.4, 0.5) is 11.5 Å². The molecule has 1 aromatic heterocycles. The van der Waals surface area contributed by atoms with E-state index in [4.69, 9.17) is 0 Å². The van der Waals surface area contributed by atoms with Gasteiger partial charge in [0.2, 0.25) is 5.91 Å². The summed E-state index contributed by atoms with van der Waals surface area (Å²) in [5, 5.41) is 9.27. The third-order valence-electron chi connectivity index (χ3n) is 5.92. The number of Topliss-reactive ketones (excluding diaryl/α,β-unsaturated/α-hetero) is 1. The first kappa shape index (κ1) is 17.5. The summed E-state index contributed by atoms with van der Waals surface area (Å²) in [7, 11) is 0. The fourth-order valence-electron chi connectivity index (χ4n) is 4.18. The molecule has 0 bridgehead atoms. The molecule has 2 aromatic rings. The number of pyridine rings is 1. The number of carbonyl (C=O) groups is 2. The molecule has 4 heterocycles. The minimum atomic E-state index is -0.378. The number of fused-ring (bicyclic) bond motifs is 2. The number of aromatic nitrogens is 1. The van der Waals surface area contributed by atoms with Crippen molar-refractivity contribution >= 4 is 23.2 Å². The minimum Gasteiger partial charge on any atom is -0.372 e. The molecule has 2 fully saturated rings. The van der Waals surface area contributed by atoms with Crippen LogP contribution in [0.2, 0.25) is 0 Å². The number of amides is 1. The summed E-state index contributed by atoms with van der Waals surface area (Å²) >= 11 is 0. The first-order valence-electron chi connectivity index (χ1n) is 9.00. The monoisotopic (exact) mass is 364 g/mol. The van der Waals surface area contributed by atoms with Gasteiger partial charge >= 0.3 is 0 Å². The lowest BCUT2D eigenvalue weighted by atomic mass is 9.74. The molecule has 140 valence electrons. The summed E-state index contributed by atoms with van der Waals surface area (Å²) in [6.07, 6.45) is 5.15. The molecular formula is C21H24N4O2. The summed E-state index contributed by atoms with van der Waals surface area (Å²) in [6.45, 7) is 0.711. The highest BCUT2D eigenvalue weighted by atomic mass is 16.2. The van der Waals surface area contributed by atoms with Gasteiger partial charge in [-0.2, -0.15) is 0 Å². The zero-order valence-electron chi connectivity index (χ0n) is 14.3. The highest BCUT2D eigenvalue weighted by molar-refractivity contribution is 5.99. The molecular weight excluding hydrogens is 340 g/mol. The van der Waals surface area contributed by atoms with Crippen molar-refractivity contribution < 1.29 is 9.59 Å². The van der Waals surface area contributed by atoms with E-state index in [1.807, 2.05) is 24.3 Å². The number of nitrogens with zero attached hydrogens (tertiary/aromatic N) is 1. The quantitative estimate of drug-likeness (QED) is 0.625. The van der Waals surface area contributed by atoms with Crippen LogP contribution >= 0.6 is 0 Å². The second-order valence-electron chi connectivity index (χ2n) is 7.54. The first-order valence-corrected chi connectivity index (χ1v) is 9.00. The van der Waals surface area contributed by atoms with E-state index in [9.17, 15) is 9.59 Å². The number of carbonyl (C=O) groups excluding carboxylic acids is 2. The van der Waals surface area contributed by atoms with Gasteiger partial charge in [-0.05, 0) is 29.7 Å². The molecule has 1 saturated heterocycles. The minimum absolute atomic E-state index is 0. The smallest absolute Gasteiger partial charge is 0.248 e. The average Bonchev–Trinajstić information content (AvgIpc) is 3.28. The molecule has 6 rings (SSSR count). The predicted molar refractivity (Wildman–Crippen MR) is 105 cm³/mol. The van der Waals surface area contributed by atoms with Crippen LogP contribution in [0.15, 0.2) is 42.6 Å².